The van der Waals surface area contributed by atoms with Gasteiger partial charge in [-0.3, -0.25) is 4.98 Å². The summed E-state index contributed by atoms with van der Waals surface area (Å²) in [7, 11) is 1.38. The number of hydrogen-bond acceptors (Lipinski definition) is 4. The molecule has 20 heavy (non-hydrogen) atoms. The lowest BCUT2D eigenvalue weighted by atomic mass is 10.1. The second-order valence-corrected chi connectivity index (χ2v) is 4.59. The number of nitrogens with one attached hydrogen (secondary N) is 1. The molecule has 1 aromatic heterocycles. The number of nitrogens with zero attached hydrogens (tertiary/aromatic N) is 1. The van der Waals surface area contributed by atoms with Gasteiger partial charge in [0.1, 0.15) is 0 Å². The van der Waals surface area contributed by atoms with E-state index in [1.807, 2.05) is 24.4 Å². The van der Waals surface area contributed by atoms with E-state index in [1.165, 1.54) is 18.2 Å². The summed E-state index contributed by atoms with van der Waals surface area (Å²) in [4.78, 5) is 15.4. The van der Waals surface area contributed by atoms with Crippen LogP contribution in [0.5, 0.6) is 0 Å². The summed E-state index contributed by atoms with van der Waals surface area (Å²) in [6.07, 6.45) is 3.67. The van der Waals surface area contributed by atoms with Gasteiger partial charge < -0.3 is 10.1 Å². The van der Waals surface area contributed by atoms with E-state index in [0.29, 0.717) is 5.56 Å². The van der Waals surface area contributed by atoms with Gasteiger partial charge in [0, 0.05) is 25.5 Å². The van der Waals surface area contributed by atoms with Crippen LogP contribution in [0.4, 0.5) is 0 Å². The molecule has 1 aromatic carbocycles. The van der Waals surface area contributed by atoms with Crippen molar-refractivity contribution in [1.29, 1.82) is 0 Å². The summed E-state index contributed by atoms with van der Waals surface area (Å²) < 4.78 is 4.67. The van der Waals surface area contributed by atoms with E-state index >= 15 is 0 Å². The third kappa shape index (κ3) is 3.65. The zero-order chi connectivity index (χ0) is 14.4. The van der Waals surface area contributed by atoms with Gasteiger partial charge in [0.15, 0.2) is 0 Å². The first-order chi connectivity index (χ1) is 9.70. The third-order valence-electron chi connectivity index (χ3n) is 3.17. The highest BCUT2D eigenvalue weighted by Crippen LogP contribution is 2.07. The number of rotatable bonds is 5. The number of carbonyl (C=O) groups is 1. The average Bonchev–Trinajstić information content (AvgIpc) is 2.49. The molecule has 0 aliphatic rings. The van der Waals surface area contributed by atoms with E-state index in [-0.39, 0.29) is 5.97 Å². The zero-order valence-corrected chi connectivity index (χ0v) is 11.7. The number of methoxy groups -OCH3 is 1. The van der Waals surface area contributed by atoms with E-state index in [9.17, 15) is 4.79 Å². The Morgan fingerprint density at radius 3 is 2.60 bits per heavy atom. The summed E-state index contributed by atoms with van der Waals surface area (Å²) in [6, 6.07) is 9.41. The molecule has 4 heteroatoms. The van der Waals surface area contributed by atoms with Crippen LogP contribution in [-0.2, 0) is 17.8 Å². The fraction of sp³-hybridized carbons (Fsp3) is 0.250. The predicted molar refractivity (Wildman–Crippen MR) is 77.3 cm³/mol. The Balaban J connectivity index is 1.88. The van der Waals surface area contributed by atoms with Crippen LogP contribution in [-0.4, -0.2) is 18.1 Å². The Hall–Kier alpha value is -2.20. The average molecular weight is 270 g/mol. The largest absolute Gasteiger partial charge is 0.465 e. The van der Waals surface area contributed by atoms with Crippen molar-refractivity contribution in [2.45, 2.75) is 20.0 Å². The van der Waals surface area contributed by atoms with Crippen molar-refractivity contribution in [2.75, 3.05) is 7.11 Å². The van der Waals surface area contributed by atoms with Gasteiger partial charge >= 0.3 is 5.97 Å². The quantitative estimate of drug-likeness (QED) is 0.848. The lowest BCUT2D eigenvalue weighted by molar-refractivity contribution is 0.0600. The van der Waals surface area contributed by atoms with Crippen molar-refractivity contribution in [3.63, 3.8) is 0 Å². The minimum atomic E-state index is -0.310. The first-order valence-electron chi connectivity index (χ1n) is 6.48. The second-order valence-electron chi connectivity index (χ2n) is 4.59. The minimum Gasteiger partial charge on any atom is -0.465 e. The fourth-order valence-corrected chi connectivity index (χ4v) is 1.90. The van der Waals surface area contributed by atoms with Crippen molar-refractivity contribution < 1.29 is 9.53 Å². The van der Waals surface area contributed by atoms with Crippen LogP contribution in [0.25, 0.3) is 0 Å². The van der Waals surface area contributed by atoms with Gasteiger partial charge in [-0.2, -0.15) is 0 Å². The van der Waals surface area contributed by atoms with E-state index in [1.54, 1.807) is 18.3 Å². The van der Waals surface area contributed by atoms with Crippen molar-refractivity contribution in [3.8, 4) is 0 Å². The highest BCUT2D eigenvalue weighted by molar-refractivity contribution is 5.89. The van der Waals surface area contributed by atoms with Crippen molar-refractivity contribution in [1.82, 2.24) is 10.3 Å². The lowest BCUT2D eigenvalue weighted by Crippen LogP contribution is -2.13. The molecular weight excluding hydrogens is 252 g/mol. The highest BCUT2D eigenvalue weighted by atomic mass is 16.5. The molecule has 0 unspecified atom stereocenters. The Morgan fingerprint density at radius 2 is 1.95 bits per heavy atom. The predicted octanol–water partition coefficient (Wildman–Crippen LogP) is 2.47. The van der Waals surface area contributed by atoms with Gasteiger partial charge in [0.2, 0.25) is 0 Å². The lowest BCUT2D eigenvalue weighted by Gasteiger charge is -2.07. The van der Waals surface area contributed by atoms with E-state index in [2.05, 4.69) is 22.0 Å². The molecule has 0 spiro atoms. The molecule has 0 aliphatic heterocycles. The van der Waals surface area contributed by atoms with Gasteiger partial charge in [0.05, 0.1) is 12.7 Å². The summed E-state index contributed by atoms with van der Waals surface area (Å²) in [5.41, 5.74) is 4.12. The smallest absolute Gasteiger partial charge is 0.337 e. The van der Waals surface area contributed by atoms with Crippen molar-refractivity contribution in [2.24, 2.45) is 0 Å². The number of carbonyl (C=O) groups excluding carboxylic acids is 1. The Kier molecular flexibility index (Phi) is 4.85. The van der Waals surface area contributed by atoms with Crippen LogP contribution in [0.15, 0.2) is 42.7 Å². The second kappa shape index (κ2) is 6.82. The number of esters is 1. The number of benzene rings is 1. The first-order valence-corrected chi connectivity index (χ1v) is 6.48. The van der Waals surface area contributed by atoms with Crippen LogP contribution < -0.4 is 5.32 Å². The Labute approximate surface area is 118 Å². The van der Waals surface area contributed by atoms with Gasteiger partial charge in [0.25, 0.3) is 0 Å². The molecule has 0 atom stereocenters. The van der Waals surface area contributed by atoms with Crippen LogP contribution in [0.2, 0.25) is 0 Å². The molecule has 0 fully saturated rings. The molecule has 0 aliphatic carbocycles. The molecule has 4 nitrogen and oxygen atoms in total. The third-order valence-corrected chi connectivity index (χ3v) is 3.17. The number of aromatic nitrogens is 1. The van der Waals surface area contributed by atoms with Gasteiger partial charge in [-0.05, 0) is 41.8 Å². The summed E-state index contributed by atoms with van der Waals surface area (Å²) in [5.74, 6) is -0.310. The highest BCUT2D eigenvalue weighted by Gasteiger charge is 2.04. The molecule has 1 N–H and O–H groups in total. The molecule has 1 heterocycles. The summed E-state index contributed by atoms with van der Waals surface area (Å²) >= 11 is 0. The standard InChI is InChI=1S/C16H18N2O2/c1-12-7-8-17-10-15(12)11-18-9-13-3-5-14(6-4-13)16(19)20-2/h3-8,10,18H,9,11H2,1-2H3. The molecule has 0 amide bonds. The van der Waals surface area contributed by atoms with Gasteiger partial charge in [-0.25, -0.2) is 4.79 Å². The maximum atomic E-state index is 11.3. The molecule has 0 saturated carbocycles. The normalized spacial score (nSPS) is 10.3. The van der Waals surface area contributed by atoms with Crippen molar-refractivity contribution >= 4 is 5.97 Å². The summed E-state index contributed by atoms with van der Waals surface area (Å²) in [5, 5.41) is 3.37. The Bertz CT molecular complexity index is 579. The van der Waals surface area contributed by atoms with Crippen LogP contribution in [0.3, 0.4) is 0 Å². The topological polar surface area (TPSA) is 51.2 Å². The van der Waals surface area contributed by atoms with Crippen LogP contribution >= 0.6 is 0 Å². The zero-order valence-electron chi connectivity index (χ0n) is 11.7. The fourth-order valence-electron chi connectivity index (χ4n) is 1.90. The van der Waals surface area contributed by atoms with E-state index in [4.69, 9.17) is 0 Å². The monoisotopic (exact) mass is 270 g/mol. The molecule has 0 radical (unpaired) electrons. The maximum Gasteiger partial charge on any atom is 0.337 e. The molecule has 2 aromatic rings. The van der Waals surface area contributed by atoms with Crippen LogP contribution in [0, 0.1) is 6.92 Å². The molecular formula is C16H18N2O2. The Morgan fingerprint density at radius 1 is 1.20 bits per heavy atom. The SMILES string of the molecule is COC(=O)c1ccc(CNCc2cnccc2C)cc1. The van der Waals surface area contributed by atoms with E-state index in [0.717, 1.165) is 18.7 Å². The number of aryl methyl sites for hydroxylation is 1. The molecule has 0 saturated heterocycles. The first kappa shape index (κ1) is 14.2. The number of hydrogen-bond donors (Lipinski definition) is 1. The molecule has 0 bridgehead atoms. The van der Waals surface area contributed by atoms with Gasteiger partial charge in [-0.15, -0.1) is 0 Å². The van der Waals surface area contributed by atoms with Crippen molar-refractivity contribution in [3.05, 3.63) is 65.0 Å². The maximum absolute atomic E-state index is 11.3. The van der Waals surface area contributed by atoms with Crippen LogP contribution in [0.1, 0.15) is 27.0 Å². The minimum absolute atomic E-state index is 0.310. The summed E-state index contributed by atoms with van der Waals surface area (Å²) in [6.45, 7) is 3.60. The number of pyridine rings is 1. The number of ether oxygens (including phenoxy) is 1. The molecule has 104 valence electrons. The van der Waals surface area contributed by atoms with Gasteiger partial charge in [-0.1, -0.05) is 12.1 Å². The molecule has 2 rings (SSSR count). The van der Waals surface area contributed by atoms with E-state index < -0.39 is 0 Å².